The lowest BCUT2D eigenvalue weighted by atomic mass is 10.3. The summed E-state index contributed by atoms with van der Waals surface area (Å²) in [4.78, 5) is 13.1. The van der Waals surface area contributed by atoms with Gasteiger partial charge < -0.3 is 0 Å². The summed E-state index contributed by atoms with van der Waals surface area (Å²) in [5.74, 6) is 0.809. The van der Waals surface area contributed by atoms with Crippen molar-refractivity contribution in [2.45, 2.75) is 13.8 Å². The SMILES string of the molecule is Cc1cc2nc(C)nc(I)c2c(I)n1. The molecule has 0 saturated carbocycles. The summed E-state index contributed by atoms with van der Waals surface area (Å²) >= 11 is 4.45. The van der Waals surface area contributed by atoms with Gasteiger partial charge in [-0.05, 0) is 65.1 Å². The van der Waals surface area contributed by atoms with Crippen LogP contribution in [0, 0.1) is 21.2 Å². The maximum Gasteiger partial charge on any atom is 0.127 e. The first-order valence-electron chi connectivity index (χ1n) is 4.05. The number of rotatable bonds is 0. The molecule has 2 rings (SSSR count). The third-order valence-electron chi connectivity index (χ3n) is 1.83. The number of fused-ring (bicyclic) bond motifs is 1. The van der Waals surface area contributed by atoms with E-state index in [4.69, 9.17) is 0 Å². The van der Waals surface area contributed by atoms with E-state index in [1.165, 1.54) is 0 Å². The minimum Gasteiger partial charge on any atom is -0.246 e. The molecule has 0 aromatic carbocycles. The van der Waals surface area contributed by atoms with E-state index in [9.17, 15) is 0 Å². The number of pyridine rings is 1. The van der Waals surface area contributed by atoms with Crippen LogP contribution in [0.3, 0.4) is 0 Å². The van der Waals surface area contributed by atoms with Crippen molar-refractivity contribution in [2.75, 3.05) is 0 Å². The number of aromatic nitrogens is 3. The molecule has 14 heavy (non-hydrogen) atoms. The molecule has 0 fully saturated rings. The van der Waals surface area contributed by atoms with Gasteiger partial charge in [-0.3, -0.25) is 0 Å². The molecule has 2 aromatic heterocycles. The number of hydrogen-bond acceptors (Lipinski definition) is 3. The highest BCUT2D eigenvalue weighted by Gasteiger charge is 2.08. The van der Waals surface area contributed by atoms with Crippen LogP contribution < -0.4 is 0 Å². The highest BCUT2D eigenvalue weighted by atomic mass is 127. The lowest BCUT2D eigenvalue weighted by molar-refractivity contribution is 1.05. The van der Waals surface area contributed by atoms with Crippen molar-refractivity contribution in [1.82, 2.24) is 15.0 Å². The van der Waals surface area contributed by atoms with Crippen LogP contribution in [-0.2, 0) is 0 Å². The first kappa shape index (κ1) is 10.5. The normalized spacial score (nSPS) is 10.9. The average molecular weight is 411 g/mol. The fourth-order valence-corrected chi connectivity index (χ4v) is 3.60. The van der Waals surface area contributed by atoms with E-state index in [1.54, 1.807) is 0 Å². The minimum atomic E-state index is 0.809. The van der Waals surface area contributed by atoms with Gasteiger partial charge in [0.2, 0.25) is 0 Å². The second-order valence-corrected chi connectivity index (χ2v) is 5.05. The molecule has 0 aliphatic heterocycles. The zero-order valence-corrected chi connectivity index (χ0v) is 12.0. The van der Waals surface area contributed by atoms with E-state index in [0.717, 1.165) is 29.8 Å². The zero-order valence-electron chi connectivity index (χ0n) is 7.67. The van der Waals surface area contributed by atoms with Crippen molar-refractivity contribution < 1.29 is 0 Å². The van der Waals surface area contributed by atoms with Gasteiger partial charge in [-0.25, -0.2) is 15.0 Å². The van der Waals surface area contributed by atoms with Gasteiger partial charge in [0, 0.05) is 5.69 Å². The minimum absolute atomic E-state index is 0.809. The molecule has 0 unspecified atom stereocenters. The molecule has 72 valence electrons. The van der Waals surface area contributed by atoms with Gasteiger partial charge in [-0.1, -0.05) is 0 Å². The molecule has 0 aliphatic rings. The smallest absolute Gasteiger partial charge is 0.127 e. The van der Waals surface area contributed by atoms with Crippen molar-refractivity contribution in [2.24, 2.45) is 0 Å². The summed E-state index contributed by atoms with van der Waals surface area (Å²) in [7, 11) is 0. The molecule has 0 amide bonds. The third kappa shape index (κ3) is 1.83. The topological polar surface area (TPSA) is 38.7 Å². The Morgan fingerprint density at radius 1 is 1.00 bits per heavy atom. The number of aryl methyl sites for hydroxylation is 2. The van der Waals surface area contributed by atoms with Gasteiger partial charge in [-0.2, -0.15) is 0 Å². The van der Waals surface area contributed by atoms with Crippen molar-refractivity contribution >= 4 is 56.1 Å². The van der Waals surface area contributed by atoms with Crippen LogP contribution in [0.1, 0.15) is 11.5 Å². The Morgan fingerprint density at radius 2 is 1.64 bits per heavy atom. The maximum absolute atomic E-state index is 4.40. The van der Waals surface area contributed by atoms with E-state index < -0.39 is 0 Å². The van der Waals surface area contributed by atoms with Gasteiger partial charge in [0.15, 0.2) is 0 Å². The molecule has 2 aromatic rings. The highest BCUT2D eigenvalue weighted by molar-refractivity contribution is 14.1. The largest absolute Gasteiger partial charge is 0.246 e. The van der Waals surface area contributed by atoms with Crippen LogP contribution in [0.15, 0.2) is 6.07 Å². The first-order chi connectivity index (χ1) is 6.58. The Morgan fingerprint density at radius 3 is 2.36 bits per heavy atom. The Bertz CT molecular complexity index is 468. The number of nitrogens with zero attached hydrogens (tertiary/aromatic N) is 3. The summed E-state index contributed by atoms with van der Waals surface area (Å²) < 4.78 is 1.95. The van der Waals surface area contributed by atoms with Gasteiger partial charge in [0.1, 0.15) is 13.2 Å². The maximum atomic E-state index is 4.40. The van der Waals surface area contributed by atoms with E-state index in [1.807, 2.05) is 19.9 Å². The Hall–Kier alpha value is -0.0500. The van der Waals surface area contributed by atoms with Crippen LogP contribution in [0.2, 0.25) is 0 Å². The third-order valence-corrected chi connectivity index (χ3v) is 3.39. The molecular formula is C9H7I2N3. The molecule has 0 radical (unpaired) electrons. The summed E-state index contributed by atoms with van der Waals surface area (Å²) in [5.41, 5.74) is 1.98. The van der Waals surface area contributed by atoms with Crippen LogP contribution in [0.25, 0.3) is 10.9 Å². The molecule has 2 heterocycles. The lowest BCUT2D eigenvalue weighted by Gasteiger charge is -2.04. The fourth-order valence-electron chi connectivity index (χ4n) is 1.29. The van der Waals surface area contributed by atoms with Gasteiger partial charge in [-0.15, -0.1) is 0 Å². The summed E-state index contributed by atoms with van der Waals surface area (Å²) in [5, 5.41) is 1.06. The zero-order chi connectivity index (χ0) is 10.3. The van der Waals surface area contributed by atoms with E-state index >= 15 is 0 Å². The Kier molecular flexibility index (Phi) is 2.87. The molecule has 3 nitrogen and oxygen atoms in total. The predicted molar refractivity (Wildman–Crippen MR) is 72.2 cm³/mol. The van der Waals surface area contributed by atoms with E-state index in [2.05, 4.69) is 60.1 Å². The van der Waals surface area contributed by atoms with Crippen LogP contribution in [0.4, 0.5) is 0 Å². The lowest BCUT2D eigenvalue weighted by Crippen LogP contribution is -1.97. The molecule has 0 bridgehead atoms. The quantitative estimate of drug-likeness (QED) is 0.381. The highest BCUT2D eigenvalue weighted by Crippen LogP contribution is 2.22. The van der Waals surface area contributed by atoms with Crippen LogP contribution >= 0.6 is 45.2 Å². The molecule has 0 aliphatic carbocycles. The average Bonchev–Trinajstić information content (AvgIpc) is 1.99. The molecule has 0 atom stereocenters. The van der Waals surface area contributed by atoms with Crippen LogP contribution in [-0.4, -0.2) is 15.0 Å². The molecule has 5 heteroatoms. The molecule has 0 N–H and O–H groups in total. The second-order valence-electron chi connectivity index (χ2n) is 3.01. The Labute approximate surface area is 109 Å². The van der Waals surface area contributed by atoms with Gasteiger partial charge in [0.25, 0.3) is 0 Å². The van der Waals surface area contributed by atoms with E-state index in [-0.39, 0.29) is 0 Å². The fraction of sp³-hybridized carbons (Fsp3) is 0.222. The van der Waals surface area contributed by atoms with Crippen molar-refractivity contribution in [3.05, 3.63) is 25.0 Å². The molecule has 0 spiro atoms. The van der Waals surface area contributed by atoms with Crippen molar-refractivity contribution in [3.8, 4) is 0 Å². The summed E-state index contributed by atoms with van der Waals surface area (Å²) in [6, 6.07) is 1.99. The molecular weight excluding hydrogens is 404 g/mol. The van der Waals surface area contributed by atoms with Crippen molar-refractivity contribution in [1.29, 1.82) is 0 Å². The van der Waals surface area contributed by atoms with Crippen LogP contribution in [0.5, 0.6) is 0 Å². The second kappa shape index (κ2) is 3.84. The summed E-state index contributed by atoms with van der Waals surface area (Å²) in [6.07, 6.45) is 0. The molecule has 0 saturated heterocycles. The monoisotopic (exact) mass is 411 g/mol. The number of hydrogen-bond donors (Lipinski definition) is 0. The van der Waals surface area contributed by atoms with Crippen molar-refractivity contribution in [3.63, 3.8) is 0 Å². The van der Waals surface area contributed by atoms with E-state index in [0.29, 0.717) is 0 Å². The standard InChI is InChI=1S/C9H7I2N3/c1-4-3-6-7(8(10)12-4)9(11)14-5(2)13-6/h3H,1-2H3. The summed E-state index contributed by atoms with van der Waals surface area (Å²) in [6.45, 7) is 3.89. The van der Waals surface area contributed by atoms with Gasteiger partial charge >= 0.3 is 0 Å². The Balaban J connectivity index is 2.94. The van der Waals surface area contributed by atoms with Gasteiger partial charge in [0.05, 0.1) is 10.9 Å². The predicted octanol–water partition coefficient (Wildman–Crippen LogP) is 2.85. The first-order valence-corrected chi connectivity index (χ1v) is 6.20. The number of halogens is 2.